The third kappa shape index (κ3) is 86.5. The van der Waals surface area contributed by atoms with Gasteiger partial charge in [0.15, 0.2) is 0 Å². The van der Waals surface area contributed by atoms with E-state index in [0.717, 1.165) is 39.3 Å². The summed E-state index contributed by atoms with van der Waals surface area (Å²) < 4.78 is 0. The Morgan fingerprint density at radius 3 is 0.864 bits per heavy atom. The molecule has 0 aromatic rings. The van der Waals surface area contributed by atoms with E-state index in [0.29, 0.717) is 19.6 Å². The molecular formula is C15H40N6Ti. The maximum Gasteiger partial charge on any atom is 4.00 e. The maximum atomic E-state index is 5.12. The minimum atomic E-state index is 0. The fraction of sp³-hybridized carbons (Fsp3) is 0.933. The van der Waals surface area contributed by atoms with Gasteiger partial charge in [-0.05, 0) is 19.6 Å². The Hall–Kier alpha value is 0.474. The minimum absolute atomic E-state index is 0. The SMILES string of the molecule is CC[N-]CCN.CC[N-]CCN.CC[N-]CCN.C[CH-]C.[Ti+4]. The maximum absolute atomic E-state index is 5.12. The summed E-state index contributed by atoms with van der Waals surface area (Å²) in [6.45, 7) is 17.2. The van der Waals surface area contributed by atoms with Crippen LogP contribution in [0.2, 0.25) is 0 Å². The third-order valence-electron chi connectivity index (χ3n) is 1.53. The average Bonchev–Trinajstić information content (AvgIpc) is 2.51. The molecule has 0 bridgehead atoms. The zero-order valence-corrected chi connectivity index (χ0v) is 17.1. The fourth-order valence-corrected chi connectivity index (χ4v) is 0.748. The Kier molecular flexibility index (Phi) is 76.5. The smallest absolute Gasteiger partial charge is 0.661 e. The third-order valence-corrected chi connectivity index (χ3v) is 1.53. The number of likely N-dealkylation sites (N-methyl/N-ethyl adjacent to an activating group) is 3. The fourth-order valence-electron chi connectivity index (χ4n) is 0.748. The first-order valence-corrected chi connectivity index (χ1v) is 7.90. The first-order chi connectivity index (χ1) is 10.2. The molecule has 6 N–H and O–H groups in total. The number of nitrogens with zero attached hydrogens (tertiary/aromatic N) is 3. The van der Waals surface area contributed by atoms with Crippen molar-refractivity contribution in [1.82, 2.24) is 0 Å². The van der Waals surface area contributed by atoms with Gasteiger partial charge in [-0.25, -0.2) is 0 Å². The van der Waals surface area contributed by atoms with E-state index in [1.165, 1.54) is 0 Å². The second-order valence-electron chi connectivity index (χ2n) is 3.73. The van der Waals surface area contributed by atoms with Crippen molar-refractivity contribution < 1.29 is 21.7 Å². The van der Waals surface area contributed by atoms with Gasteiger partial charge in [-0.1, -0.05) is 20.8 Å². The van der Waals surface area contributed by atoms with Crippen LogP contribution in [-0.2, 0) is 21.7 Å². The largest absolute Gasteiger partial charge is 4.00 e. The molecular weight excluding hydrogens is 312 g/mol. The van der Waals surface area contributed by atoms with Crippen LogP contribution in [0, 0.1) is 6.42 Å². The van der Waals surface area contributed by atoms with Crippen molar-refractivity contribution in [2.24, 2.45) is 17.2 Å². The summed E-state index contributed by atoms with van der Waals surface area (Å²) >= 11 is 0. The molecule has 134 valence electrons. The molecule has 0 atom stereocenters. The molecule has 0 spiro atoms. The zero-order valence-electron chi connectivity index (χ0n) is 15.5. The van der Waals surface area contributed by atoms with Crippen LogP contribution in [-0.4, -0.2) is 58.9 Å². The van der Waals surface area contributed by atoms with E-state index < -0.39 is 0 Å². The van der Waals surface area contributed by atoms with Crippen molar-refractivity contribution in [1.29, 1.82) is 0 Å². The molecule has 0 aliphatic rings. The molecule has 7 heteroatoms. The van der Waals surface area contributed by atoms with Crippen LogP contribution in [0.25, 0.3) is 16.0 Å². The van der Waals surface area contributed by atoms with Crippen LogP contribution in [0.4, 0.5) is 0 Å². The molecule has 0 rings (SSSR count). The molecule has 0 saturated carbocycles. The van der Waals surface area contributed by atoms with Gasteiger partial charge < -0.3 is 39.6 Å². The van der Waals surface area contributed by atoms with Crippen molar-refractivity contribution in [2.45, 2.75) is 34.6 Å². The number of hydrogen-bond acceptors (Lipinski definition) is 3. The van der Waals surface area contributed by atoms with E-state index in [-0.39, 0.29) is 21.7 Å². The predicted molar refractivity (Wildman–Crippen MR) is 99.1 cm³/mol. The van der Waals surface area contributed by atoms with E-state index in [1.807, 2.05) is 41.0 Å². The van der Waals surface area contributed by atoms with Crippen LogP contribution in [0.3, 0.4) is 0 Å². The summed E-state index contributed by atoms with van der Waals surface area (Å²) in [4.78, 5) is 0. The minimum Gasteiger partial charge on any atom is -0.661 e. The van der Waals surface area contributed by atoms with Gasteiger partial charge >= 0.3 is 21.7 Å². The van der Waals surface area contributed by atoms with Crippen LogP contribution >= 0.6 is 0 Å². The summed E-state index contributed by atoms with van der Waals surface area (Å²) in [6.07, 6.45) is 2.00. The van der Waals surface area contributed by atoms with E-state index >= 15 is 0 Å². The molecule has 0 heterocycles. The van der Waals surface area contributed by atoms with Crippen LogP contribution in [0.1, 0.15) is 34.6 Å². The Morgan fingerprint density at radius 1 is 0.636 bits per heavy atom. The molecule has 0 radical (unpaired) electrons. The number of nitrogens with two attached hydrogens (primary N) is 3. The van der Waals surface area contributed by atoms with Gasteiger partial charge in [-0.3, -0.25) is 0 Å². The van der Waals surface area contributed by atoms with Crippen molar-refractivity contribution in [2.75, 3.05) is 58.9 Å². The number of rotatable bonds is 9. The summed E-state index contributed by atoms with van der Waals surface area (Å²) in [5.41, 5.74) is 15.4. The summed E-state index contributed by atoms with van der Waals surface area (Å²) in [5, 5.41) is 11.9. The van der Waals surface area contributed by atoms with Gasteiger partial charge in [0.25, 0.3) is 0 Å². The predicted octanol–water partition coefficient (Wildman–Crippen LogP) is 2.24. The van der Waals surface area contributed by atoms with Crippen LogP contribution in [0.5, 0.6) is 0 Å². The standard InChI is InChI=1S/3C4H11N2.C3H7.Ti/c3*1-2-6-4-3-5;1-3-2;/h3*2-5H2,1H3;3H,1-2H3;/q4*-1;+4. The van der Waals surface area contributed by atoms with Crippen LogP contribution in [0.15, 0.2) is 0 Å². The summed E-state index contributed by atoms with van der Waals surface area (Å²) in [6, 6.07) is 0. The second kappa shape index (κ2) is 49.6. The molecule has 0 aliphatic heterocycles. The molecule has 22 heavy (non-hydrogen) atoms. The van der Waals surface area contributed by atoms with Gasteiger partial charge in [0.05, 0.1) is 0 Å². The van der Waals surface area contributed by atoms with Gasteiger partial charge in [0.2, 0.25) is 0 Å². The first-order valence-electron chi connectivity index (χ1n) is 7.90. The van der Waals surface area contributed by atoms with Gasteiger partial charge in [0, 0.05) is 0 Å². The molecule has 0 aromatic carbocycles. The molecule has 0 fully saturated rings. The van der Waals surface area contributed by atoms with Gasteiger partial charge in [-0.2, -0.15) is 33.5 Å². The van der Waals surface area contributed by atoms with Crippen molar-refractivity contribution >= 4 is 0 Å². The molecule has 0 aromatic heterocycles. The molecule has 0 saturated heterocycles. The van der Waals surface area contributed by atoms with E-state index in [9.17, 15) is 0 Å². The van der Waals surface area contributed by atoms with E-state index in [1.54, 1.807) is 0 Å². The molecule has 0 unspecified atom stereocenters. The van der Waals surface area contributed by atoms with Crippen molar-refractivity contribution in [3.05, 3.63) is 22.4 Å². The van der Waals surface area contributed by atoms with Crippen LogP contribution < -0.4 is 17.2 Å². The molecule has 0 amide bonds. The van der Waals surface area contributed by atoms with Crippen molar-refractivity contribution in [3.63, 3.8) is 0 Å². The quantitative estimate of drug-likeness (QED) is 0.335. The Bertz CT molecular complexity index is 89.2. The number of hydrogen-bond donors (Lipinski definition) is 3. The summed E-state index contributed by atoms with van der Waals surface area (Å²) in [5.74, 6) is 0. The van der Waals surface area contributed by atoms with E-state index in [4.69, 9.17) is 17.2 Å². The topological polar surface area (TPSA) is 120 Å². The van der Waals surface area contributed by atoms with Crippen molar-refractivity contribution in [3.8, 4) is 0 Å². The second-order valence-corrected chi connectivity index (χ2v) is 3.73. The Balaban J connectivity index is -0.0000000591. The normalized spacial score (nSPS) is 8.18. The average molecular weight is 352 g/mol. The monoisotopic (exact) mass is 352 g/mol. The Labute approximate surface area is 155 Å². The summed E-state index contributed by atoms with van der Waals surface area (Å²) in [7, 11) is 0. The molecule has 6 nitrogen and oxygen atoms in total. The van der Waals surface area contributed by atoms with Gasteiger partial charge in [0.1, 0.15) is 0 Å². The Morgan fingerprint density at radius 2 is 0.818 bits per heavy atom. The van der Waals surface area contributed by atoms with Gasteiger partial charge in [-0.15, -0.1) is 19.6 Å². The molecule has 0 aliphatic carbocycles. The van der Waals surface area contributed by atoms with E-state index in [2.05, 4.69) is 16.0 Å². The zero-order chi connectivity index (χ0) is 17.2. The first kappa shape index (κ1) is 33.9.